The van der Waals surface area contributed by atoms with Crippen molar-refractivity contribution in [2.24, 2.45) is 5.41 Å². The fourth-order valence-corrected chi connectivity index (χ4v) is 2.90. The highest BCUT2D eigenvalue weighted by atomic mass is 35.5. The molecule has 0 bridgehead atoms. The van der Waals surface area contributed by atoms with Crippen molar-refractivity contribution in [3.8, 4) is 0 Å². The number of rotatable bonds is 3. The number of anilines is 1. The number of nitrogens with one attached hydrogen (secondary N) is 1. The van der Waals surface area contributed by atoms with E-state index in [1.807, 2.05) is 6.08 Å². The van der Waals surface area contributed by atoms with Gasteiger partial charge in [-0.3, -0.25) is 4.79 Å². The third kappa shape index (κ3) is 4.18. The van der Waals surface area contributed by atoms with E-state index in [0.29, 0.717) is 10.8 Å². The molecule has 0 spiro atoms. The maximum absolute atomic E-state index is 12.0. The lowest BCUT2D eigenvalue weighted by atomic mass is 9.72. The van der Waals surface area contributed by atoms with Crippen LogP contribution in [0.5, 0.6) is 0 Å². The Balaban J connectivity index is 2.06. The Morgan fingerprint density at radius 2 is 2.19 bits per heavy atom. The maximum atomic E-state index is 12.0. The number of hydrogen-bond acceptors (Lipinski definition) is 2. The number of allylic oxidation sites excluding steroid dienone is 3. The zero-order valence-electron chi connectivity index (χ0n) is 12.7. The molecule has 0 saturated carbocycles. The monoisotopic (exact) mass is 304 g/mol. The quantitative estimate of drug-likeness (QED) is 0.818. The van der Waals surface area contributed by atoms with Crippen LogP contribution >= 0.6 is 11.6 Å². The number of halogens is 1. The van der Waals surface area contributed by atoms with Crippen LogP contribution in [0.25, 0.3) is 0 Å². The summed E-state index contributed by atoms with van der Waals surface area (Å²) in [5.74, 6) is 0.328. The highest BCUT2D eigenvalue weighted by Gasteiger charge is 2.26. The molecule has 0 unspecified atom stereocenters. The zero-order valence-corrected chi connectivity index (χ0v) is 13.5. The van der Waals surface area contributed by atoms with Crippen LogP contribution in [-0.4, -0.2) is 10.9 Å². The van der Waals surface area contributed by atoms with Crippen LogP contribution in [0.3, 0.4) is 0 Å². The maximum Gasteiger partial charge on any atom is 0.249 e. The Morgan fingerprint density at radius 1 is 1.43 bits per heavy atom. The van der Waals surface area contributed by atoms with Crippen LogP contribution < -0.4 is 5.32 Å². The topological polar surface area (TPSA) is 42.0 Å². The minimum absolute atomic E-state index is 0.137. The molecule has 1 aliphatic carbocycles. The predicted octanol–water partition coefficient (Wildman–Crippen LogP) is 4.76. The number of carbonyl (C=O) groups is 1. The normalized spacial score (nSPS) is 18.1. The van der Waals surface area contributed by atoms with Crippen LogP contribution in [0, 0.1) is 5.41 Å². The van der Waals surface area contributed by atoms with Gasteiger partial charge in [-0.05, 0) is 49.3 Å². The molecule has 1 aromatic heterocycles. The van der Waals surface area contributed by atoms with Gasteiger partial charge in [-0.2, -0.15) is 0 Å². The van der Waals surface area contributed by atoms with E-state index in [0.717, 1.165) is 12.8 Å². The van der Waals surface area contributed by atoms with Gasteiger partial charge in [0.05, 0.1) is 5.02 Å². The summed E-state index contributed by atoms with van der Waals surface area (Å²) in [6.07, 6.45) is 8.53. The molecule has 0 fully saturated rings. The first-order valence-corrected chi connectivity index (χ1v) is 7.57. The Bertz CT molecular complexity index is 585. The summed E-state index contributed by atoms with van der Waals surface area (Å²) in [7, 11) is 0. The Kier molecular flexibility index (Phi) is 4.84. The number of carbonyl (C=O) groups excluding carboxylic acids is 1. The van der Waals surface area contributed by atoms with Gasteiger partial charge in [-0.25, -0.2) is 4.98 Å². The van der Waals surface area contributed by atoms with Crippen molar-refractivity contribution >= 4 is 23.3 Å². The molecular weight excluding hydrogens is 284 g/mol. The predicted molar refractivity (Wildman–Crippen MR) is 87.3 cm³/mol. The molecule has 1 aliphatic rings. The van der Waals surface area contributed by atoms with E-state index in [2.05, 4.69) is 31.1 Å². The Hall–Kier alpha value is -1.61. The van der Waals surface area contributed by atoms with E-state index in [1.165, 1.54) is 23.8 Å². The molecule has 0 aliphatic heterocycles. The molecule has 0 aromatic carbocycles. The first kappa shape index (κ1) is 15.8. The smallest absolute Gasteiger partial charge is 0.249 e. The van der Waals surface area contributed by atoms with Crippen molar-refractivity contribution < 1.29 is 4.79 Å². The van der Waals surface area contributed by atoms with Crippen molar-refractivity contribution in [1.29, 1.82) is 0 Å². The second-order valence-corrected chi connectivity index (χ2v) is 6.55. The highest BCUT2D eigenvalue weighted by Crippen LogP contribution is 2.40. The number of amides is 1. The number of aromatic nitrogens is 1. The third-order valence-corrected chi connectivity index (χ3v) is 4.15. The fraction of sp³-hybridized carbons (Fsp3) is 0.412. The summed E-state index contributed by atoms with van der Waals surface area (Å²) in [6, 6.07) is 3.38. The standard InChI is InChI=1S/C17H21ClN2O/c1-12-5-4-10-17(2,3)14(12)7-9-16(21)20-15-8-6-13(18)11-19-15/h6-9,11H,4-5,10H2,1-3H3,(H,19,20,21). The van der Waals surface area contributed by atoms with E-state index in [4.69, 9.17) is 11.6 Å². The Morgan fingerprint density at radius 3 is 2.81 bits per heavy atom. The second-order valence-electron chi connectivity index (χ2n) is 6.12. The number of hydrogen-bond donors (Lipinski definition) is 1. The lowest BCUT2D eigenvalue weighted by Crippen LogP contribution is -2.19. The van der Waals surface area contributed by atoms with Gasteiger partial charge < -0.3 is 5.32 Å². The molecule has 2 rings (SSSR count). The molecule has 1 amide bonds. The minimum atomic E-state index is -0.175. The molecule has 112 valence electrons. The highest BCUT2D eigenvalue weighted by molar-refractivity contribution is 6.30. The molecule has 3 nitrogen and oxygen atoms in total. The van der Waals surface area contributed by atoms with Crippen LogP contribution in [-0.2, 0) is 4.79 Å². The average Bonchev–Trinajstić information content (AvgIpc) is 2.40. The van der Waals surface area contributed by atoms with Crippen molar-refractivity contribution in [2.45, 2.75) is 40.0 Å². The summed E-state index contributed by atoms with van der Waals surface area (Å²) in [5, 5.41) is 3.28. The first-order chi connectivity index (χ1) is 9.88. The van der Waals surface area contributed by atoms with E-state index in [9.17, 15) is 4.79 Å². The van der Waals surface area contributed by atoms with Crippen LogP contribution in [0.4, 0.5) is 5.82 Å². The van der Waals surface area contributed by atoms with Gasteiger partial charge in [0.1, 0.15) is 5.82 Å². The average molecular weight is 305 g/mol. The molecule has 1 N–H and O–H groups in total. The number of nitrogens with zero attached hydrogens (tertiary/aromatic N) is 1. The summed E-state index contributed by atoms with van der Waals surface area (Å²) in [5.41, 5.74) is 2.78. The molecule has 1 aromatic rings. The molecular formula is C17H21ClN2O. The van der Waals surface area contributed by atoms with E-state index < -0.39 is 0 Å². The molecule has 0 saturated heterocycles. The van der Waals surface area contributed by atoms with Crippen LogP contribution in [0.2, 0.25) is 5.02 Å². The first-order valence-electron chi connectivity index (χ1n) is 7.19. The second kappa shape index (κ2) is 6.44. The van der Waals surface area contributed by atoms with Gasteiger partial charge in [0, 0.05) is 12.3 Å². The van der Waals surface area contributed by atoms with E-state index in [1.54, 1.807) is 18.2 Å². The molecule has 4 heteroatoms. The molecule has 0 radical (unpaired) electrons. The van der Waals surface area contributed by atoms with Gasteiger partial charge >= 0.3 is 0 Å². The summed E-state index contributed by atoms with van der Waals surface area (Å²) in [6.45, 7) is 6.61. The summed E-state index contributed by atoms with van der Waals surface area (Å²) >= 11 is 5.76. The van der Waals surface area contributed by atoms with Gasteiger partial charge in [0.15, 0.2) is 0 Å². The van der Waals surface area contributed by atoms with Gasteiger partial charge in [-0.15, -0.1) is 0 Å². The summed E-state index contributed by atoms with van der Waals surface area (Å²) in [4.78, 5) is 16.0. The van der Waals surface area contributed by atoms with Crippen molar-refractivity contribution in [3.63, 3.8) is 0 Å². The van der Waals surface area contributed by atoms with E-state index in [-0.39, 0.29) is 11.3 Å². The Labute approximate surface area is 131 Å². The van der Waals surface area contributed by atoms with Crippen molar-refractivity contribution in [2.75, 3.05) is 5.32 Å². The van der Waals surface area contributed by atoms with E-state index >= 15 is 0 Å². The lowest BCUT2D eigenvalue weighted by molar-refractivity contribution is -0.111. The van der Waals surface area contributed by atoms with Gasteiger partial charge in [0.2, 0.25) is 5.91 Å². The summed E-state index contributed by atoms with van der Waals surface area (Å²) < 4.78 is 0. The largest absolute Gasteiger partial charge is 0.307 e. The van der Waals surface area contributed by atoms with Crippen LogP contribution in [0.15, 0.2) is 41.6 Å². The number of pyridine rings is 1. The van der Waals surface area contributed by atoms with Gasteiger partial charge in [-0.1, -0.05) is 37.1 Å². The van der Waals surface area contributed by atoms with Crippen LogP contribution in [0.1, 0.15) is 40.0 Å². The van der Waals surface area contributed by atoms with Crippen molar-refractivity contribution in [1.82, 2.24) is 4.98 Å². The minimum Gasteiger partial charge on any atom is -0.307 e. The molecule has 21 heavy (non-hydrogen) atoms. The van der Waals surface area contributed by atoms with Crippen molar-refractivity contribution in [3.05, 3.63) is 46.7 Å². The fourth-order valence-electron chi connectivity index (χ4n) is 2.79. The molecule has 0 atom stereocenters. The zero-order chi connectivity index (χ0) is 15.5. The molecule has 1 heterocycles. The van der Waals surface area contributed by atoms with Gasteiger partial charge in [0.25, 0.3) is 0 Å². The third-order valence-electron chi connectivity index (χ3n) is 3.92. The lowest BCUT2D eigenvalue weighted by Gasteiger charge is -2.32. The SMILES string of the molecule is CC1=C(C=CC(=O)Nc2ccc(Cl)cn2)C(C)(C)CCC1.